The Labute approximate surface area is 125 Å². The molecule has 0 atom stereocenters. The summed E-state index contributed by atoms with van der Waals surface area (Å²) < 4.78 is 0. The van der Waals surface area contributed by atoms with Crippen molar-refractivity contribution < 1.29 is 4.92 Å². The summed E-state index contributed by atoms with van der Waals surface area (Å²) in [4.78, 5) is 17.2. The highest BCUT2D eigenvalue weighted by Gasteiger charge is 2.19. The van der Waals surface area contributed by atoms with E-state index in [0.29, 0.717) is 12.1 Å². The van der Waals surface area contributed by atoms with Crippen LogP contribution in [-0.4, -0.2) is 35.9 Å². The van der Waals surface area contributed by atoms with Crippen LogP contribution in [0.15, 0.2) is 29.3 Å². The van der Waals surface area contributed by atoms with Crippen LogP contribution in [0.3, 0.4) is 0 Å². The number of para-hydroxylation sites is 1. The van der Waals surface area contributed by atoms with Gasteiger partial charge in [0.1, 0.15) is 0 Å². The van der Waals surface area contributed by atoms with Crippen molar-refractivity contribution in [2.45, 2.75) is 26.3 Å². The van der Waals surface area contributed by atoms with E-state index in [9.17, 15) is 10.1 Å². The molecule has 2 rings (SSSR count). The fourth-order valence-corrected chi connectivity index (χ4v) is 2.57. The van der Waals surface area contributed by atoms with Crippen LogP contribution in [-0.2, 0) is 6.54 Å². The number of likely N-dealkylation sites (tertiary alicyclic amines) is 1. The molecule has 0 saturated carbocycles. The van der Waals surface area contributed by atoms with E-state index < -0.39 is 0 Å². The second-order valence-electron chi connectivity index (χ2n) is 5.46. The molecule has 0 amide bonds. The maximum Gasteiger partial charge on any atom is 0.274 e. The van der Waals surface area contributed by atoms with E-state index in [1.165, 1.54) is 6.07 Å². The summed E-state index contributed by atoms with van der Waals surface area (Å²) >= 11 is 0. The Morgan fingerprint density at radius 3 is 2.71 bits per heavy atom. The number of guanidine groups is 1. The predicted molar refractivity (Wildman–Crippen MR) is 83.3 cm³/mol. The molecule has 6 nitrogen and oxygen atoms in total. The predicted octanol–water partition coefficient (Wildman–Crippen LogP) is 2.40. The first-order valence-corrected chi connectivity index (χ1v) is 7.29. The van der Waals surface area contributed by atoms with Gasteiger partial charge in [-0.2, -0.15) is 0 Å². The van der Waals surface area contributed by atoms with Crippen LogP contribution in [0.25, 0.3) is 0 Å². The van der Waals surface area contributed by atoms with E-state index in [4.69, 9.17) is 0 Å². The number of nitro groups is 1. The molecular weight excluding hydrogens is 268 g/mol. The molecule has 1 aromatic rings. The van der Waals surface area contributed by atoms with Gasteiger partial charge in [0.05, 0.1) is 4.92 Å². The number of nitrogens with zero attached hydrogens (tertiary/aromatic N) is 3. The lowest BCUT2D eigenvalue weighted by atomic mass is 9.99. The van der Waals surface area contributed by atoms with E-state index in [0.717, 1.165) is 37.8 Å². The van der Waals surface area contributed by atoms with E-state index >= 15 is 0 Å². The molecular formula is C15H22N4O2. The zero-order chi connectivity index (χ0) is 15.2. The van der Waals surface area contributed by atoms with E-state index in [1.54, 1.807) is 19.2 Å². The highest BCUT2D eigenvalue weighted by atomic mass is 16.6. The van der Waals surface area contributed by atoms with Gasteiger partial charge in [-0.25, -0.2) is 0 Å². The second kappa shape index (κ2) is 7.06. The number of aliphatic imine (C=N–C) groups is 1. The van der Waals surface area contributed by atoms with Gasteiger partial charge in [-0.05, 0) is 18.8 Å². The van der Waals surface area contributed by atoms with Crippen LogP contribution in [0, 0.1) is 16.0 Å². The van der Waals surface area contributed by atoms with Crippen LogP contribution >= 0.6 is 0 Å². The molecule has 0 bridgehead atoms. The third-order valence-electron chi connectivity index (χ3n) is 3.92. The first kappa shape index (κ1) is 15.3. The summed E-state index contributed by atoms with van der Waals surface area (Å²) in [5, 5.41) is 14.2. The number of nitro benzene ring substituents is 1. The number of nitrogens with one attached hydrogen (secondary N) is 1. The zero-order valence-electron chi connectivity index (χ0n) is 12.6. The van der Waals surface area contributed by atoms with Crippen molar-refractivity contribution in [1.82, 2.24) is 10.2 Å². The molecule has 0 aliphatic carbocycles. The summed E-state index contributed by atoms with van der Waals surface area (Å²) in [5.41, 5.74) is 0.821. The van der Waals surface area contributed by atoms with Crippen molar-refractivity contribution in [1.29, 1.82) is 0 Å². The van der Waals surface area contributed by atoms with E-state index in [2.05, 4.69) is 22.1 Å². The Morgan fingerprint density at radius 2 is 2.10 bits per heavy atom. The first-order valence-electron chi connectivity index (χ1n) is 7.29. The first-order chi connectivity index (χ1) is 10.1. The number of rotatable bonds is 3. The van der Waals surface area contributed by atoms with Gasteiger partial charge in [-0.3, -0.25) is 15.1 Å². The molecule has 1 fully saturated rings. The molecule has 1 aliphatic heterocycles. The molecule has 1 aromatic carbocycles. The minimum atomic E-state index is -0.345. The van der Waals surface area contributed by atoms with Gasteiger partial charge in [0.15, 0.2) is 5.96 Å². The molecule has 0 aromatic heterocycles. The molecule has 0 unspecified atom stereocenters. The molecule has 21 heavy (non-hydrogen) atoms. The Balaban J connectivity index is 1.99. The number of benzene rings is 1. The van der Waals surface area contributed by atoms with Crippen LogP contribution in [0.1, 0.15) is 25.3 Å². The lowest BCUT2D eigenvalue weighted by molar-refractivity contribution is -0.385. The largest absolute Gasteiger partial charge is 0.352 e. The minimum Gasteiger partial charge on any atom is -0.352 e. The van der Waals surface area contributed by atoms with Crippen molar-refractivity contribution in [3.63, 3.8) is 0 Å². The normalized spacial score (nSPS) is 16.9. The maximum atomic E-state index is 11.0. The molecule has 1 heterocycles. The third kappa shape index (κ3) is 3.93. The van der Waals surface area contributed by atoms with Crippen molar-refractivity contribution in [3.05, 3.63) is 39.9 Å². The van der Waals surface area contributed by atoms with Gasteiger partial charge >= 0.3 is 0 Å². The number of hydrogen-bond acceptors (Lipinski definition) is 3. The molecule has 1 N–H and O–H groups in total. The second-order valence-corrected chi connectivity index (χ2v) is 5.46. The minimum absolute atomic E-state index is 0.146. The standard InChI is InChI=1S/C15H22N4O2/c1-12-7-9-18(10-8-12)15(16-2)17-11-13-5-3-4-6-14(13)19(20)21/h3-6,12H,7-11H2,1-2H3,(H,16,17). The van der Waals surface area contributed by atoms with Gasteiger partial charge in [0.2, 0.25) is 0 Å². The van der Waals surface area contributed by atoms with Crippen LogP contribution in [0.5, 0.6) is 0 Å². The molecule has 6 heteroatoms. The number of piperidine rings is 1. The smallest absolute Gasteiger partial charge is 0.274 e. The fourth-order valence-electron chi connectivity index (χ4n) is 2.57. The van der Waals surface area contributed by atoms with Crippen molar-refractivity contribution >= 4 is 11.6 Å². The summed E-state index contributed by atoms with van der Waals surface area (Å²) in [5.74, 6) is 1.58. The molecule has 114 valence electrons. The van der Waals surface area contributed by atoms with Crippen LogP contribution in [0.4, 0.5) is 5.69 Å². The average molecular weight is 290 g/mol. The van der Waals surface area contributed by atoms with Gasteiger partial charge in [-0.1, -0.05) is 25.1 Å². The van der Waals surface area contributed by atoms with Crippen molar-refractivity contribution in [2.24, 2.45) is 10.9 Å². The average Bonchev–Trinajstić information content (AvgIpc) is 2.50. The van der Waals surface area contributed by atoms with Gasteiger partial charge < -0.3 is 10.2 Å². The van der Waals surface area contributed by atoms with Crippen LogP contribution < -0.4 is 5.32 Å². The molecule has 0 radical (unpaired) electrons. The Kier molecular flexibility index (Phi) is 5.14. The Morgan fingerprint density at radius 1 is 1.43 bits per heavy atom. The highest BCUT2D eigenvalue weighted by Crippen LogP contribution is 2.18. The third-order valence-corrected chi connectivity index (χ3v) is 3.92. The lowest BCUT2D eigenvalue weighted by Gasteiger charge is -2.32. The summed E-state index contributed by atoms with van der Waals surface area (Å²) in [6, 6.07) is 6.80. The Bertz CT molecular complexity index is 522. The zero-order valence-corrected chi connectivity index (χ0v) is 12.6. The van der Waals surface area contributed by atoms with Crippen molar-refractivity contribution in [3.8, 4) is 0 Å². The van der Waals surface area contributed by atoms with Gasteiger partial charge in [0, 0.05) is 38.3 Å². The highest BCUT2D eigenvalue weighted by molar-refractivity contribution is 5.80. The van der Waals surface area contributed by atoms with Crippen LogP contribution in [0.2, 0.25) is 0 Å². The van der Waals surface area contributed by atoms with Gasteiger partial charge in [0.25, 0.3) is 5.69 Å². The quantitative estimate of drug-likeness (QED) is 0.401. The van der Waals surface area contributed by atoms with Gasteiger partial charge in [-0.15, -0.1) is 0 Å². The van der Waals surface area contributed by atoms with Crippen molar-refractivity contribution in [2.75, 3.05) is 20.1 Å². The fraction of sp³-hybridized carbons (Fsp3) is 0.533. The Hall–Kier alpha value is -2.11. The molecule has 1 aliphatic rings. The lowest BCUT2D eigenvalue weighted by Crippen LogP contribution is -2.45. The monoisotopic (exact) mass is 290 g/mol. The maximum absolute atomic E-state index is 11.0. The SMILES string of the molecule is CN=C(NCc1ccccc1[N+](=O)[O-])N1CCC(C)CC1. The van der Waals surface area contributed by atoms with E-state index in [-0.39, 0.29) is 10.6 Å². The number of hydrogen-bond donors (Lipinski definition) is 1. The molecule has 1 saturated heterocycles. The topological polar surface area (TPSA) is 70.8 Å². The summed E-state index contributed by atoms with van der Waals surface area (Å²) in [7, 11) is 1.75. The summed E-state index contributed by atoms with van der Waals surface area (Å²) in [6.07, 6.45) is 2.32. The van der Waals surface area contributed by atoms with E-state index in [1.807, 2.05) is 6.07 Å². The molecule has 0 spiro atoms. The summed E-state index contributed by atoms with van der Waals surface area (Å²) in [6.45, 7) is 4.65.